The first kappa shape index (κ1) is 9.13. The molecule has 0 fully saturated rings. The van der Waals surface area contributed by atoms with Crippen LogP contribution in [-0.4, -0.2) is 12.1 Å². The molecule has 14 heavy (non-hydrogen) atoms. The summed E-state index contributed by atoms with van der Waals surface area (Å²) in [6, 6.07) is 8.30. The van der Waals surface area contributed by atoms with Gasteiger partial charge in [0.15, 0.2) is 0 Å². The van der Waals surface area contributed by atoms with Crippen LogP contribution in [0, 0.1) is 0 Å². The number of rotatable bonds is 3. The Morgan fingerprint density at radius 2 is 2.21 bits per heavy atom. The van der Waals surface area contributed by atoms with Crippen molar-refractivity contribution in [2.24, 2.45) is 0 Å². The standard InChI is InChI=1S/C12H15NO.H2/c1-3-4-10-7-9-8-11(14-2)5-6-12(9)13-10;/h5-8,13H,3-4H2,1-2H3;1H. The second-order valence-corrected chi connectivity index (χ2v) is 3.50. The lowest BCUT2D eigenvalue weighted by atomic mass is 10.2. The SMILES string of the molecule is CCCc1cc2cc(OC)ccc2[nH]1.[HH]. The molecule has 0 atom stereocenters. The van der Waals surface area contributed by atoms with E-state index in [0.29, 0.717) is 0 Å². The molecule has 0 aliphatic rings. The van der Waals surface area contributed by atoms with Crippen molar-refractivity contribution in [1.82, 2.24) is 4.98 Å². The van der Waals surface area contributed by atoms with Crippen LogP contribution in [0.5, 0.6) is 5.75 Å². The fourth-order valence-corrected chi connectivity index (χ4v) is 1.70. The molecule has 76 valence electrons. The minimum Gasteiger partial charge on any atom is -0.497 e. The molecule has 1 N–H and O–H groups in total. The van der Waals surface area contributed by atoms with Crippen molar-refractivity contribution >= 4 is 10.9 Å². The molecule has 0 saturated carbocycles. The van der Waals surface area contributed by atoms with Crippen LogP contribution in [0.25, 0.3) is 10.9 Å². The van der Waals surface area contributed by atoms with Gasteiger partial charge in [0.1, 0.15) is 5.75 Å². The molecule has 2 heteroatoms. The summed E-state index contributed by atoms with van der Waals surface area (Å²) in [4.78, 5) is 3.39. The number of methoxy groups -OCH3 is 1. The third-order valence-electron chi connectivity index (χ3n) is 2.40. The van der Waals surface area contributed by atoms with Crippen molar-refractivity contribution in [2.75, 3.05) is 7.11 Å². The molecule has 1 aromatic heterocycles. The second-order valence-electron chi connectivity index (χ2n) is 3.50. The Labute approximate surface area is 85.4 Å². The zero-order valence-electron chi connectivity index (χ0n) is 8.63. The van der Waals surface area contributed by atoms with E-state index in [2.05, 4.69) is 30.1 Å². The van der Waals surface area contributed by atoms with Crippen molar-refractivity contribution in [2.45, 2.75) is 19.8 Å². The summed E-state index contributed by atoms with van der Waals surface area (Å²) in [6.07, 6.45) is 2.28. The third kappa shape index (κ3) is 1.60. The van der Waals surface area contributed by atoms with Crippen molar-refractivity contribution in [3.63, 3.8) is 0 Å². The minimum absolute atomic E-state index is 0. The first-order valence-corrected chi connectivity index (χ1v) is 4.99. The maximum absolute atomic E-state index is 5.18. The van der Waals surface area contributed by atoms with E-state index in [1.54, 1.807) is 7.11 Å². The van der Waals surface area contributed by atoms with Crippen LogP contribution >= 0.6 is 0 Å². The van der Waals surface area contributed by atoms with Gasteiger partial charge in [-0.05, 0) is 30.7 Å². The molecular weight excluding hydrogens is 174 g/mol. The summed E-state index contributed by atoms with van der Waals surface area (Å²) >= 11 is 0. The van der Waals surface area contributed by atoms with Gasteiger partial charge in [-0.15, -0.1) is 0 Å². The zero-order chi connectivity index (χ0) is 9.97. The zero-order valence-corrected chi connectivity index (χ0v) is 8.63. The van der Waals surface area contributed by atoms with E-state index < -0.39 is 0 Å². The quantitative estimate of drug-likeness (QED) is 0.790. The van der Waals surface area contributed by atoms with E-state index in [1.807, 2.05) is 6.07 Å². The summed E-state index contributed by atoms with van der Waals surface area (Å²) < 4.78 is 5.18. The van der Waals surface area contributed by atoms with E-state index in [1.165, 1.54) is 23.0 Å². The van der Waals surface area contributed by atoms with Gasteiger partial charge in [0.25, 0.3) is 0 Å². The molecule has 0 amide bonds. The monoisotopic (exact) mass is 191 g/mol. The van der Waals surface area contributed by atoms with Crippen molar-refractivity contribution < 1.29 is 6.16 Å². The highest BCUT2D eigenvalue weighted by Gasteiger charge is 2.00. The van der Waals surface area contributed by atoms with Crippen molar-refractivity contribution in [3.8, 4) is 5.75 Å². The lowest BCUT2D eigenvalue weighted by Crippen LogP contribution is -1.81. The summed E-state index contributed by atoms with van der Waals surface area (Å²) in [7, 11) is 1.70. The van der Waals surface area contributed by atoms with Crippen LogP contribution in [0.1, 0.15) is 20.5 Å². The summed E-state index contributed by atoms with van der Waals surface area (Å²) in [5, 5.41) is 1.23. The maximum Gasteiger partial charge on any atom is 0.119 e. The van der Waals surface area contributed by atoms with Gasteiger partial charge in [0.2, 0.25) is 0 Å². The number of ether oxygens (including phenoxy) is 1. The third-order valence-corrected chi connectivity index (χ3v) is 2.40. The fourth-order valence-electron chi connectivity index (χ4n) is 1.70. The van der Waals surface area contributed by atoms with Crippen LogP contribution < -0.4 is 4.74 Å². The molecule has 2 rings (SSSR count). The van der Waals surface area contributed by atoms with Gasteiger partial charge in [-0.1, -0.05) is 13.3 Å². The van der Waals surface area contributed by atoms with Crippen LogP contribution in [0.2, 0.25) is 0 Å². The molecule has 0 aliphatic heterocycles. The number of hydrogen-bond acceptors (Lipinski definition) is 1. The Kier molecular flexibility index (Phi) is 2.44. The predicted molar refractivity (Wildman–Crippen MR) is 61.0 cm³/mol. The largest absolute Gasteiger partial charge is 0.497 e. The lowest BCUT2D eigenvalue weighted by molar-refractivity contribution is 0.415. The molecule has 2 nitrogen and oxygen atoms in total. The van der Waals surface area contributed by atoms with E-state index >= 15 is 0 Å². The Hall–Kier alpha value is -1.44. The van der Waals surface area contributed by atoms with E-state index in [4.69, 9.17) is 4.74 Å². The molecule has 0 radical (unpaired) electrons. The number of aryl methyl sites for hydroxylation is 1. The average Bonchev–Trinajstić information content (AvgIpc) is 2.59. The molecule has 0 saturated heterocycles. The van der Waals surface area contributed by atoms with E-state index in [9.17, 15) is 0 Å². The number of nitrogens with one attached hydrogen (secondary N) is 1. The molecule has 0 spiro atoms. The second kappa shape index (κ2) is 3.74. The topological polar surface area (TPSA) is 25.0 Å². The molecule has 1 aromatic carbocycles. The summed E-state index contributed by atoms with van der Waals surface area (Å²) in [5.41, 5.74) is 2.49. The number of aromatic amines is 1. The van der Waals surface area contributed by atoms with Gasteiger partial charge in [-0.3, -0.25) is 0 Å². The maximum atomic E-state index is 5.18. The highest BCUT2D eigenvalue weighted by molar-refractivity contribution is 5.81. The molecule has 1 heterocycles. The van der Waals surface area contributed by atoms with Gasteiger partial charge >= 0.3 is 0 Å². The number of aromatic nitrogens is 1. The first-order chi connectivity index (χ1) is 6.83. The summed E-state index contributed by atoms with van der Waals surface area (Å²) in [6.45, 7) is 2.19. The minimum atomic E-state index is 0. The highest BCUT2D eigenvalue weighted by atomic mass is 16.5. The van der Waals surface area contributed by atoms with E-state index in [-0.39, 0.29) is 1.43 Å². The Morgan fingerprint density at radius 3 is 2.93 bits per heavy atom. The smallest absolute Gasteiger partial charge is 0.119 e. The van der Waals surface area contributed by atoms with Gasteiger partial charge in [0, 0.05) is 18.0 Å². The van der Waals surface area contributed by atoms with Gasteiger partial charge < -0.3 is 9.72 Å². The number of benzene rings is 1. The van der Waals surface area contributed by atoms with Gasteiger partial charge in [-0.2, -0.15) is 0 Å². The number of H-pyrrole nitrogens is 1. The van der Waals surface area contributed by atoms with Crippen LogP contribution in [0.15, 0.2) is 24.3 Å². The first-order valence-electron chi connectivity index (χ1n) is 4.99. The van der Waals surface area contributed by atoms with Gasteiger partial charge in [0.05, 0.1) is 7.11 Å². The molecule has 0 aliphatic carbocycles. The van der Waals surface area contributed by atoms with Crippen LogP contribution in [-0.2, 0) is 6.42 Å². The van der Waals surface area contributed by atoms with E-state index in [0.717, 1.165) is 12.2 Å². The van der Waals surface area contributed by atoms with Gasteiger partial charge in [-0.25, -0.2) is 0 Å². The molecule has 0 bridgehead atoms. The Balaban J connectivity index is 0.00000112. The lowest BCUT2D eigenvalue weighted by Gasteiger charge is -1.97. The van der Waals surface area contributed by atoms with Crippen molar-refractivity contribution in [3.05, 3.63) is 30.0 Å². The van der Waals surface area contributed by atoms with Crippen LogP contribution in [0.4, 0.5) is 0 Å². The number of fused-ring (bicyclic) bond motifs is 1. The molecule has 2 aromatic rings. The fraction of sp³-hybridized carbons (Fsp3) is 0.333. The normalized spacial score (nSPS) is 10.7. The Bertz CT molecular complexity index is 436. The predicted octanol–water partition coefficient (Wildman–Crippen LogP) is 3.38. The van der Waals surface area contributed by atoms with Crippen LogP contribution in [0.3, 0.4) is 0 Å². The average molecular weight is 191 g/mol. The Morgan fingerprint density at radius 1 is 1.36 bits per heavy atom. The molecule has 0 unspecified atom stereocenters. The number of hydrogen-bond donors (Lipinski definition) is 1. The van der Waals surface area contributed by atoms with Crippen molar-refractivity contribution in [1.29, 1.82) is 0 Å². The highest BCUT2D eigenvalue weighted by Crippen LogP contribution is 2.21. The summed E-state index contributed by atoms with van der Waals surface area (Å²) in [5.74, 6) is 0.916. The molecular formula is C12H17NO.